The molecule has 19 heavy (non-hydrogen) atoms. The van der Waals surface area contributed by atoms with Crippen molar-refractivity contribution in [3.8, 4) is 0 Å². The number of nitrogens with two attached hydrogens (primary N) is 1. The summed E-state index contributed by atoms with van der Waals surface area (Å²) in [6.45, 7) is 8.20. The average molecular weight is 269 g/mol. The number of hydrogen-bond donors (Lipinski definition) is 1. The first-order valence-electron chi connectivity index (χ1n) is 7.59. The van der Waals surface area contributed by atoms with Crippen LogP contribution in [0.2, 0.25) is 0 Å². The van der Waals surface area contributed by atoms with Crippen LogP contribution in [0.3, 0.4) is 0 Å². The molecule has 0 spiro atoms. The molecule has 0 saturated carbocycles. The molecule has 1 amide bonds. The second kappa shape index (κ2) is 7.22. The Balaban J connectivity index is 1.88. The topological polar surface area (TPSA) is 58.8 Å². The standard InChI is InChI=1S/C14H27N3O2/c1-2-13-12(4-11-19-13)14(18)17-7-3-6-16(8-5-15)9-10-17/h12-13H,2-11,15H2,1H3. The van der Waals surface area contributed by atoms with Crippen molar-refractivity contribution in [1.82, 2.24) is 9.80 Å². The minimum absolute atomic E-state index is 0.0889. The van der Waals surface area contributed by atoms with E-state index in [-0.39, 0.29) is 12.0 Å². The smallest absolute Gasteiger partial charge is 0.228 e. The van der Waals surface area contributed by atoms with Crippen LogP contribution in [0.5, 0.6) is 0 Å². The number of carbonyl (C=O) groups excluding carboxylic acids is 1. The van der Waals surface area contributed by atoms with E-state index in [9.17, 15) is 4.79 Å². The zero-order valence-electron chi connectivity index (χ0n) is 12.0. The average Bonchev–Trinajstić information content (AvgIpc) is 2.78. The Morgan fingerprint density at radius 3 is 2.89 bits per heavy atom. The van der Waals surface area contributed by atoms with Gasteiger partial charge in [0, 0.05) is 39.3 Å². The zero-order chi connectivity index (χ0) is 13.7. The second-order valence-electron chi connectivity index (χ2n) is 5.52. The Labute approximate surface area is 116 Å². The van der Waals surface area contributed by atoms with Gasteiger partial charge < -0.3 is 20.3 Å². The van der Waals surface area contributed by atoms with Gasteiger partial charge in [-0.15, -0.1) is 0 Å². The maximum Gasteiger partial charge on any atom is 0.228 e. The highest BCUT2D eigenvalue weighted by Gasteiger charge is 2.35. The van der Waals surface area contributed by atoms with E-state index >= 15 is 0 Å². The van der Waals surface area contributed by atoms with Gasteiger partial charge in [-0.25, -0.2) is 0 Å². The van der Waals surface area contributed by atoms with Crippen molar-refractivity contribution in [3.05, 3.63) is 0 Å². The van der Waals surface area contributed by atoms with Crippen molar-refractivity contribution in [2.75, 3.05) is 45.9 Å². The number of nitrogens with zero attached hydrogens (tertiary/aromatic N) is 2. The predicted octanol–water partition coefficient (Wildman–Crippen LogP) is 0.295. The van der Waals surface area contributed by atoms with Gasteiger partial charge in [0.1, 0.15) is 0 Å². The lowest BCUT2D eigenvalue weighted by molar-refractivity contribution is -0.137. The summed E-state index contributed by atoms with van der Waals surface area (Å²) >= 11 is 0. The fourth-order valence-corrected chi connectivity index (χ4v) is 3.17. The minimum Gasteiger partial charge on any atom is -0.377 e. The first kappa shape index (κ1) is 14.8. The summed E-state index contributed by atoms with van der Waals surface area (Å²) in [4.78, 5) is 17.0. The zero-order valence-corrected chi connectivity index (χ0v) is 12.0. The highest BCUT2D eigenvalue weighted by atomic mass is 16.5. The molecule has 0 aromatic carbocycles. The molecule has 110 valence electrons. The lowest BCUT2D eigenvalue weighted by atomic mass is 9.98. The van der Waals surface area contributed by atoms with Gasteiger partial charge in [-0.05, 0) is 25.8 Å². The molecule has 2 fully saturated rings. The summed E-state index contributed by atoms with van der Waals surface area (Å²) in [6, 6.07) is 0. The largest absolute Gasteiger partial charge is 0.377 e. The van der Waals surface area contributed by atoms with Crippen LogP contribution in [-0.2, 0) is 9.53 Å². The van der Waals surface area contributed by atoms with E-state index in [1.165, 1.54) is 0 Å². The molecule has 0 radical (unpaired) electrons. The molecule has 2 aliphatic heterocycles. The molecule has 0 aliphatic carbocycles. The predicted molar refractivity (Wildman–Crippen MR) is 74.8 cm³/mol. The Morgan fingerprint density at radius 2 is 2.16 bits per heavy atom. The van der Waals surface area contributed by atoms with Crippen molar-refractivity contribution in [2.24, 2.45) is 11.7 Å². The normalized spacial score (nSPS) is 29.5. The summed E-state index contributed by atoms with van der Waals surface area (Å²) in [5, 5.41) is 0. The van der Waals surface area contributed by atoms with Crippen LogP contribution in [0.15, 0.2) is 0 Å². The molecule has 5 nitrogen and oxygen atoms in total. The molecular weight excluding hydrogens is 242 g/mol. The summed E-state index contributed by atoms with van der Waals surface area (Å²) in [5.41, 5.74) is 5.60. The highest BCUT2D eigenvalue weighted by Crippen LogP contribution is 2.25. The molecule has 5 heteroatoms. The number of carbonyl (C=O) groups is 1. The third-order valence-corrected chi connectivity index (χ3v) is 4.27. The molecule has 2 heterocycles. The van der Waals surface area contributed by atoms with Gasteiger partial charge in [0.2, 0.25) is 5.91 Å². The molecule has 2 atom stereocenters. The highest BCUT2D eigenvalue weighted by molar-refractivity contribution is 5.79. The van der Waals surface area contributed by atoms with Gasteiger partial charge in [0.05, 0.1) is 12.0 Å². The van der Waals surface area contributed by atoms with E-state index in [2.05, 4.69) is 11.8 Å². The Hall–Kier alpha value is -0.650. The van der Waals surface area contributed by atoms with Crippen molar-refractivity contribution in [2.45, 2.75) is 32.3 Å². The summed E-state index contributed by atoms with van der Waals surface area (Å²) < 4.78 is 5.64. The van der Waals surface area contributed by atoms with Gasteiger partial charge in [-0.2, -0.15) is 0 Å². The van der Waals surface area contributed by atoms with Crippen LogP contribution in [0.4, 0.5) is 0 Å². The van der Waals surface area contributed by atoms with Crippen molar-refractivity contribution >= 4 is 5.91 Å². The molecule has 0 bridgehead atoms. The number of ether oxygens (including phenoxy) is 1. The summed E-state index contributed by atoms with van der Waals surface area (Å²) in [7, 11) is 0. The van der Waals surface area contributed by atoms with Crippen molar-refractivity contribution in [1.29, 1.82) is 0 Å². The van der Waals surface area contributed by atoms with E-state index in [1.54, 1.807) is 0 Å². The van der Waals surface area contributed by atoms with E-state index in [4.69, 9.17) is 10.5 Å². The van der Waals surface area contributed by atoms with Crippen molar-refractivity contribution in [3.63, 3.8) is 0 Å². The lowest BCUT2D eigenvalue weighted by Crippen LogP contribution is -2.41. The molecule has 2 rings (SSSR count). The molecule has 0 aromatic rings. The second-order valence-corrected chi connectivity index (χ2v) is 5.52. The van der Waals surface area contributed by atoms with Gasteiger partial charge in [0.15, 0.2) is 0 Å². The van der Waals surface area contributed by atoms with Crippen LogP contribution < -0.4 is 5.73 Å². The monoisotopic (exact) mass is 269 g/mol. The Morgan fingerprint density at radius 1 is 1.32 bits per heavy atom. The summed E-state index contributed by atoms with van der Waals surface area (Å²) in [6.07, 6.45) is 3.01. The SMILES string of the molecule is CCC1OCCC1C(=O)N1CCCN(CCN)CC1. The Bertz CT molecular complexity index is 298. The fourth-order valence-electron chi connectivity index (χ4n) is 3.17. The van der Waals surface area contributed by atoms with E-state index in [0.717, 1.165) is 58.6 Å². The quantitative estimate of drug-likeness (QED) is 0.797. The van der Waals surface area contributed by atoms with Gasteiger partial charge in [-0.3, -0.25) is 4.79 Å². The lowest BCUT2D eigenvalue weighted by Gasteiger charge is -2.26. The molecule has 2 aliphatic rings. The van der Waals surface area contributed by atoms with Gasteiger partial charge in [-0.1, -0.05) is 6.92 Å². The molecular formula is C14H27N3O2. The van der Waals surface area contributed by atoms with E-state index < -0.39 is 0 Å². The summed E-state index contributed by atoms with van der Waals surface area (Å²) in [5.74, 6) is 0.394. The van der Waals surface area contributed by atoms with Crippen LogP contribution >= 0.6 is 0 Å². The number of amides is 1. The van der Waals surface area contributed by atoms with Crippen molar-refractivity contribution < 1.29 is 9.53 Å². The van der Waals surface area contributed by atoms with Crippen LogP contribution in [0, 0.1) is 5.92 Å². The molecule has 2 saturated heterocycles. The van der Waals surface area contributed by atoms with Gasteiger partial charge >= 0.3 is 0 Å². The van der Waals surface area contributed by atoms with Crippen LogP contribution in [-0.4, -0.2) is 67.7 Å². The third kappa shape index (κ3) is 3.68. The molecule has 2 unspecified atom stereocenters. The maximum atomic E-state index is 12.6. The van der Waals surface area contributed by atoms with Crippen LogP contribution in [0.1, 0.15) is 26.2 Å². The van der Waals surface area contributed by atoms with Gasteiger partial charge in [0.25, 0.3) is 0 Å². The van der Waals surface area contributed by atoms with E-state index in [0.29, 0.717) is 12.5 Å². The van der Waals surface area contributed by atoms with E-state index in [1.807, 2.05) is 4.90 Å². The minimum atomic E-state index is 0.0889. The van der Waals surface area contributed by atoms with Crippen LogP contribution in [0.25, 0.3) is 0 Å². The fraction of sp³-hybridized carbons (Fsp3) is 0.929. The number of hydrogen-bond acceptors (Lipinski definition) is 4. The Kier molecular flexibility index (Phi) is 5.60. The third-order valence-electron chi connectivity index (χ3n) is 4.27. The maximum absolute atomic E-state index is 12.6. The first-order chi connectivity index (χ1) is 9.26. The first-order valence-corrected chi connectivity index (χ1v) is 7.59. The number of rotatable bonds is 4. The molecule has 0 aromatic heterocycles. The molecule has 2 N–H and O–H groups in total.